The number of nitrogens with zero attached hydrogens (tertiary/aromatic N) is 2. The molecule has 1 atom stereocenters. The van der Waals surface area contributed by atoms with E-state index in [0.29, 0.717) is 17.6 Å². The molecule has 19 heavy (non-hydrogen) atoms. The van der Waals surface area contributed by atoms with Crippen molar-refractivity contribution in [2.24, 2.45) is 5.73 Å². The van der Waals surface area contributed by atoms with Gasteiger partial charge in [0.25, 0.3) is 0 Å². The largest absolute Gasteiger partial charge is 0.349 e. The van der Waals surface area contributed by atoms with Gasteiger partial charge in [-0.1, -0.05) is 11.6 Å². The lowest BCUT2D eigenvalue weighted by Gasteiger charge is -2.34. The first-order chi connectivity index (χ1) is 9.20. The highest BCUT2D eigenvalue weighted by molar-refractivity contribution is 7.10. The van der Waals surface area contributed by atoms with Crippen LogP contribution in [0.2, 0.25) is 5.02 Å². The zero-order valence-corrected chi connectivity index (χ0v) is 12.3. The molecule has 3 rings (SSSR count). The van der Waals surface area contributed by atoms with Crippen LogP contribution in [0.4, 0.5) is 5.82 Å². The van der Waals surface area contributed by atoms with E-state index in [4.69, 9.17) is 17.3 Å². The fourth-order valence-electron chi connectivity index (χ4n) is 2.60. The van der Waals surface area contributed by atoms with Crippen LogP contribution in [-0.4, -0.2) is 11.5 Å². The van der Waals surface area contributed by atoms with Crippen molar-refractivity contribution in [2.75, 3.05) is 11.4 Å². The van der Waals surface area contributed by atoms with Gasteiger partial charge in [0.1, 0.15) is 5.82 Å². The van der Waals surface area contributed by atoms with E-state index in [2.05, 4.69) is 28.3 Å². The quantitative estimate of drug-likeness (QED) is 0.923. The Labute approximate surface area is 122 Å². The second-order valence-electron chi connectivity index (χ2n) is 4.76. The molecule has 0 spiro atoms. The third-order valence-electron chi connectivity index (χ3n) is 3.71. The number of fused-ring (bicyclic) bond motifs is 1. The average molecular weight is 294 g/mol. The molecule has 5 heteroatoms. The van der Waals surface area contributed by atoms with Crippen molar-refractivity contribution < 1.29 is 0 Å². The summed E-state index contributed by atoms with van der Waals surface area (Å²) >= 11 is 7.92. The van der Waals surface area contributed by atoms with Crippen LogP contribution in [0.15, 0.2) is 23.7 Å². The summed E-state index contributed by atoms with van der Waals surface area (Å²) in [5.74, 6) is 0.967. The standard InChI is InChI=1S/C14H16ClN3S/c1-9-11-3-5-19-13(11)2-4-18(9)14-6-10(7-16)12(15)8-17-14/h3,5-6,8-9H,2,4,7,16H2,1H3. The number of hydrogen-bond donors (Lipinski definition) is 1. The molecule has 0 saturated heterocycles. The van der Waals surface area contributed by atoms with Gasteiger partial charge in [-0.2, -0.15) is 0 Å². The summed E-state index contributed by atoms with van der Waals surface area (Å²) in [6.07, 6.45) is 2.79. The molecule has 2 aromatic heterocycles. The number of rotatable bonds is 2. The van der Waals surface area contributed by atoms with Gasteiger partial charge in [0.15, 0.2) is 0 Å². The number of aromatic nitrogens is 1. The lowest BCUT2D eigenvalue weighted by molar-refractivity contribution is 0.624. The van der Waals surface area contributed by atoms with Gasteiger partial charge in [-0.25, -0.2) is 4.98 Å². The molecular formula is C14H16ClN3S. The molecule has 0 amide bonds. The minimum atomic E-state index is 0.356. The van der Waals surface area contributed by atoms with Crippen molar-refractivity contribution in [1.29, 1.82) is 0 Å². The smallest absolute Gasteiger partial charge is 0.129 e. The molecule has 1 aliphatic heterocycles. The molecule has 2 aromatic rings. The summed E-state index contributed by atoms with van der Waals surface area (Å²) in [6.45, 7) is 3.66. The minimum absolute atomic E-state index is 0.356. The molecule has 1 unspecified atom stereocenters. The summed E-state index contributed by atoms with van der Waals surface area (Å²) in [4.78, 5) is 8.28. The van der Waals surface area contributed by atoms with Gasteiger partial charge in [0.2, 0.25) is 0 Å². The van der Waals surface area contributed by atoms with Gasteiger partial charge >= 0.3 is 0 Å². The Morgan fingerprint density at radius 1 is 1.58 bits per heavy atom. The first kappa shape index (κ1) is 12.9. The zero-order valence-electron chi connectivity index (χ0n) is 10.8. The number of anilines is 1. The van der Waals surface area contributed by atoms with Gasteiger partial charge in [0, 0.05) is 24.2 Å². The van der Waals surface area contributed by atoms with Crippen LogP contribution >= 0.6 is 22.9 Å². The van der Waals surface area contributed by atoms with Crippen molar-refractivity contribution in [2.45, 2.75) is 25.9 Å². The van der Waals surface area contributed by atoms with Gasteiger partial charge in [-0.15, -0.1) is 11.3 Å². The van der Waals surface area contributed by atoms with Crippen molar-refractivity contribution in [1.82, 2.24) is 4.98 Å². The Hall–Kier alpha value is -1.10. The van der Waals surface area contributed by atoms with E-state index in [1.807, 2.05) is 17.4 Å². The van der Waals surface area contributed by atoms with Crippen LogP contribution in [0, 0.1) is 0 Å². The molecule has 0 fully saturated rings. The molecule has 1 aliphatic rings. The van der Waals surface area contributed by atoms with Crippen LogP contribution in [0.25, 0.3) is 0 Å². The molecule has 0 aromatic carbocycles. The van der Waals surface area contributed by atoms with Crippen molar-refractivity contribution >= 4 is 28.8 Å². The van der Waals surface area contributed by atoms with E-state index < -0.39 is 0 Å². The van der Waals surface area contributed by atoms with Crippen LogP contribution in [0.1, 0.15) is 29.0 Å². The first-order valence-electron chi connectivity index (χ1n) is 6.38. The van der Waals surface area contributed by atoms with E-state index in [1.54, 1.807) is 6.20 Å². The SMILES string of the molecule is CC1c2ccsc2CCN1c1cc(CN)c(Cl)cn1. The number of pyridine rings is 1. The number of nitrogens with two attached hydrogens (primary N) is 1. The average Bonchev–Trinajstić information content (AvgIpc) is 2.89. The van der Waals surface area contributed by atoms with E-state index in [0.717, 1.165) is 24.3 Å². The van der Waals surface area contributed by atoms with Gasteiger partial charge in [-0.05, 0) is 42.0 Å². The molecule has 3 heterocycles. The maximum atomic E-state index is 6.08. The second kappa shape index (κ2) is 5.12. The maximum Gasteiger partial charge on any atom is 0.129 e. The highest BCUT2D eigenvalue weighted by Gasteiger charge is 2.25. The van der Waals surface area contributed by atoms with E-state index in [1.165, 1.54) is 10.4 Å². The Morgan fingerprint density at radius 3 is 3.21 bits per heavy atom. The van der Waals surface area contributed by atoms with Crippen LogP contribution in [0.5, 0.6) is 0 Å². The fourth-order valence-corrected chi connectivity index (χ4v) is 3.75. The number of halogens is 1. The normalized spacial score (nSPS) is 18.5. The predicted molar refractivity (Wildman–Crippen MR) is 80.9 cm³/mol. The Morgan fingerprint density at radius 2 is 2.42 bits per heavy atom. The molecule has 3 nitrogen and oxygen atoms in total. The first-order valence-corrected chi connectivity index (χ1v) is 7.64. The monoisotopic (exact) mass is 293 g/mol. The summed E-state index contributed by atoms with van der Waals surface area (Å²) in [5, 5.41) is 2.82. The fraction of sp³-hybridized carbons (Fsp3) is 0.357. The number of hydrogen-bond acceptors (Lipinski definition) is 4. The third-order valence-corrected chi connectivity index (χ3v) is 5.05. The minimum Gasteiger partial charge on any atom is -0.349 e. The summed E-state index contributed by atoms with van der Waals surface area (Å²) < 4.78 is 0. The predicted octanol–water partition coefficient (Wildman–Crippen LogP) is 3.38. The van der Waals surface area contributed by atoms with Crippen molar-refractivity contribution in [3.8, 4) is 0 Å². The Kier molecular flexibility index (Phi) is 3.48. The van der Waals surface area contributed by atoms with Gasteiger partial charge in [-0.3, -0.25) is 0 Å². The van der Waals surface area contributed by atoms with Crippen molar-refractivity contribution in [3.63, 3.8) is 0 Å². The van der Waals surface area contributed by atoms with E-state index >= 15 is 0 Å². The van der Waals surface area contributed by atoms with E-state index in [-0.39, 0.29) is 0 Å². The highest BCUT2D eigenvalue weighted by Crippen LogP contribution is 2.35. The van der Waals surface area contributed by atoms with Crippen molar-refractivity contribution in [3.05, 3.63) is 44.7 Å². The zero-order chi connectivity index (χ0) is 13.4. The summed E-state index contributed by atoms with van der Waals surface area (Å²) in [5.41, 5.74) is 8.09. The van der Waals surface area contributed by atoms with Crippen LogP contribution in [0.3, 0.4) is 0 Å². The van der Waals surface area contributed by atoms with Gasteiger partial charge < -0.3 is 10.6 Å². The second-order valence-corrected chi connectivity index (χ2v) is 6.16. The molecule has 0 aliphatic carbocycles. The highest BCUT2D eigenvalue weighted by atomic mass is 35.5. The lowest BCUT2D eigenvalue weighted by Crippen LogP contribution is -2.33. The molecule has 0 bridgehead atoms. The number of thiophene rings is 1. The van der Waals surface area contributed by atoms with Crippen LogP contribution in [-0.2, 0) is 13.0 Å². The van der Waals surface area contributed by atoms with E-state index in [9.17, 15) is 0 Å². The van der Waals surface area contributed by atoms with Gasteiger partial charge in [0.05, 0.1) is 11.1 Å². The van der Waals surface area contributed by atoms with Crippen LogP contribution < -0.4 is 10.6 Å². The molecule has 0 radical (unpaired) electrons. The maximum absolute atomic E-state index is 6.08. The lowest BCUT2D eigenvalue weighted by atomic mass is 10.0. The Bertz CT molecular complexity index is 596. The summed E-state index contributed by atoms with van der Waals surface area (Å²) in [7, 11) is 0. The summed E-state index contributed by atoms with van der Waals surface area (Å²) in [6, 6.07) is 4.58. The molecule has 2 N–H and O–H groups in total. The third kappa shape index (κ3) is 2.24. The molecular weight excluding hydrogens is 278 g/mol. The molecule has 100 valence electrons. The topological polar surface area (TPSA) is 42.1 Å². The Balaban J connectivity index is 1.95. The molecule has 0 saturated carbocycles.